The second-order valence-corrected chi connectivity index (χ2v) is 7.03. The molecule has 0 heterocycles. The Morgan fingerprint density at radius 3 is 2.21 bits per heavy atom. The number of ketones is 1. The van der Waals surface area contributed by atoms with Gasteiger partial charge >= 0.3 is 0 Å². The zero-order valence-electron chi connectivity index (χ0n) is 17.3. The number of hydrogen-bond donors (Lipinski definition) is 0. The molecule has 0 spiro atoms. The SMILES string of the molecule is CCCN(CCC)CCCCOc1ccc(C(=O)/C=C/c2ccccc2)cc1. The Kier molecular flexibility index (Phi) is 10.1. The van der Waals surface area contributed by atoms with E-state index in [9.17, 15) is 4.79 Å². The second-order valence-electron chi connectivity index (χ2n) is 7.03. The number of rotatable bonds is 13. The largest absolute Gasteiger partial charge is 0.494 e. The van der Waals surface area contributed by atoms with Crippen molar-refractivity contribution in [1.82, 2.24) is 4.90 Å². The predicted molar refractivity (Wildman–Crippen MR) is 118 cm³/mol. The summed E-state index contributed by atoms with van der Waals surface area (Å²) in [6.45, 7) is 8.70. The summed E-state index contributed by atoms with van der Waals surface area (Å²) < 4.78 is 5.82. The molecule has 150 valence electrons. The van der Waals surface area contributed by atoms with Crippen molar-refractivity contribution in [2.75, 3.05) is 26.2 Å². The van der Waals surface area contributed by atoms with E-state index in [1.807, 2.05) is 60.7 Å². The normalized spacial score (nSPS) is 11.2. The van der Waals surface area contributed by atoms with Crippen LogP contribution in [0.3, 0.4) is 0 Å². The minimum atomic E-state index is 0.00217. The third kappa shape index (κ3) is 8.10. The molecule has 0 saturated carbocycles. The van der Waals surface area contributed by atoms with E-state index in [-0.39, 0.29) is 5.78 Å². The van der Waals surface area contributed by atoms with E-state index >= 15 is 0 Å². The smallest absolute Gasteiger partial charge is 0.185 e. The lowest BCUT2D eigenvalue weighted by Gasteiger charge is -2.20. The van der Waals surface area contributed by atoms with Crippen LogP contribution in [0.15, 0.2) is 60.7 Å². The lowest BCUT2D eigenvalue weighted by Crippen LogP contribution is -2.26. The third-order valence-electron chi connectivity index (χ3n) is 4.58. The lowest BCUT2D eigenvalue weighted by atomic mass is 10.1. The van der Waals surface area contributed by atoms with Crippen molar-refractivity contribution in [3.05, 3.63) is 71.8 Å². The van der Waals surface area contributed by atoms with Crippen LogP contribution in [0.4, 0.5) is 0 Å². The average molecular weight is 380 g/mol. The van der Waals surface area contributed by atoms with Gasteiger partial charge in [-0.15, -0.1) is 0 Å². The molecule has 0 saturated heterocycles. The van der Waals surface area contributed by atoms with Gasteiger partial charge in [0.1, 0.15) is 5.75 Å². The van der Waals surface area contributed by atoms with E-state index < -0.39 is 0 Å². The van der Waals surface area contributed by atoms with Crippen LogP contribution in [0.2, 0.25) is 0 Å². The van der Waals surface area contributed by atoms with Gasteiger partial charge in [0.25, 0.3) is 0 Å². The highest BCUT2D eigenvalue weighted by atomic mass is 16.5. The minimum absolute atomic E-state index is 0.00217. The van der Waals surface area contributed by atoms with E-state index in [1.165, 1.54) is 25.9 Å². The van der Waals surface area contributed by atoms with Crippen LogP contribution in [0.1, 0.15) is 55.5 Å². The molecule has 0 bridgehead atoms. The van der Waals surface area contributed by atoms with Gasteiger partial charge in [0.2, 0.25) is 0 Å². The van der Waals surface area contributed by atoms with Gasteiger partial charge < -0.3 is 9.64 Å². The van der Waals surface area contributed by atoms with Crippen molar-refractivity contribution in [1.29, 1.82) is 0 Å². The first-order valence-electron chi connectivity index (χ1n) is 10.5. The van der Waals surface area contributed by atoms with Crippen LogP contribution < -0.4 is 4.74 Å². The minimum Gasteiger partial charge on any atom is -0.494 e. The first-order chi connectivity index (χ1) is 13.7. The van der Waals surface area contributed by atoms with Gasteiger partial charge in [-0.3, -0.25) is 4.79 Å². The van der Waals surface area contributed by atoms with Gasteiger partial charge in [0, 0.05) is 5.56 Å². The average Bonchev–Trinajstić information content (AvgIpc) is 2.73. The molecule has 2 rings (SSSR count). The van der Waals surface area contributed by atoms with Crippen LogP contribution in [-0.2, 0) is 0 Å². The van der Waals surface area contributed by atoms with Crippen molar-refractivity contribution in [3.63, 3.8) is 0 Å². The van der Waals surface area contributed by atoms with Crippen molar-refractivity contribution >= 4 is 11.9 Å². The first kappa shape index (κ1) is 21.9. The lowest BCUT2D eigenvalue weighted by molar-refractivity contribution is 0.104. The van der Waals surface area contributed by atoms with Gasteiger partial charge in [-0.25, -0.2) is 0 Å². The molecule has 0 radical (unpaired) electrons. The highest BCUT2D eigenvalue weighted by Crippen LogP contribution is 2.14. The monoisotopic (exact) mass is 379 g/mol. The summed E-state index contributed by atoms with van der Waals surface area (Å²) >= 11 is 0. The summed E-state index contributed by atoms with van der Waals surface area (Å²) in [4.78, 5) is 14.8. The molecule has 0 fully saturated rings. The maximum atomic E-state index is 12.3. The molecule has 0 aliphatic carbocycles. The van der Waals surface area contributed by atoms with E-state index in [2.05, 4.69) is 18.7 Å². The predicted octanol–water partition coefficient (Wildman–Crippen LogP) is 5.86. The molecular formula is C25H33NO2. The topological polar surface area (TPSA) is 29.5 Å². The van der Waals surface area contributed by atoms with Gasteiger partial charge in [-0.2, -0.15) is 0 Å². The van der Waals surface area contributed by atoms with Crippen molar-refractivity contribution < 1.29 is 9.53 Å². The molecule has 28 heavy (non-hydrogen) atoms. The standard InChI is InChI=1S/C25H33NO2/c1-3-18-26(19-4-2)20-8-9-21-28-24-15-13-23(14-16-24)25(27)17-12-22-10-6-5-7-11-22/h5-7,10-17H,3-4,8-9,18-21H2,1-2H3/b17-12+. The number of ether oxygens (including phenoxy) is 1. The Bertz CT molecular complexity index is 701. The Labute approximate surface area is 170 Å². The number of carbonyl (C=O) groups excluding carboxylic acids is 1. The Morgan fingerprint density at radius 1 is 0.893 bits per heavy atom. The number of unbranched alkanes of at least 4 members (excludes halogenated alkanes) is 1. The molecule has 0 amide bonds. The molecule has 0 aromatic heterocycles. The van der Waals surface area contributed by atoms with Crippen molar-refractivity contribution in [3.8, 4) is 5.75 Å². The molecule has 0 N–H and O–H groups in total. The highest BCUT2D eigenvalue weighted by Gasteiger charge is 2.04. The fraction of sp³-hybridized carbons (Fsp3) is 0.400. The molecule has 3 nitrogen and oxygen atoms in total. The Morgan fingerprint density at radius 2 is 1.57 bits per heavy atom. The van der Waals surface area contributed by atoms with E-state index in [0.717, 1.165) is 30.7 Å². The molecule has 0 aliphatic heterocycles. The number of carbonyl (C=O) groups is 1. The van der Waals surface area contributed by atoms with E-state index in [0.29, 0.717) is 12.2 Å². The van der Waals surface area contributed by atoms with Gasteiger partial charge in [0.15, 0.2) is 5.78 Å². The zero-order chi connectivity index (χ0) is 20.0. The quantitative estimate of drug-likeness (QED) is 0.248. The molecule has 2 aromatic carbocycles. The molecule has 3 heteroatoms. The first-order valence-corrected chi connectivity index (χ1v) is 10.5. The summed E-state index contributed by atoms with van der Waals surface area (Å²) in [5, 5.41) is 0. The van der Waals surface area contributed by atoms with Gasteiger partial charge in [0.05, 0.1) is 6.61 Å². The van der Waals surface area contributed by atoms with Crippen molar-refractivity contribution in [2.24, 2.45) is 0 Å². The molecule has 0 atom stereocenters. The third-order valence-corrected chi connectivity index (χ3v) is 4.58. The molecule has 0 aliphatic rings. The van der Waals surface area contributed by atoms with E-state index in [4.69, 9.17) is 4.74 Å². The van der Waals surface area contributed by atoms with E-state index in [1.54, 1.807) is 6.08 Å². The fourth-order valence-corrected chi connectivity index (χ4v) is 3.14. The molecule has 0 unspecified atom stereocenters. The maximum Gasteiger partial charge on any atom is 0.185 e. The Hall–Kier alpha value is -2.39. The molecule has 2 aromatic rings. The fourth-order valence-electron chi connectivity index (χ4n) is 3.14. The summed E-state index contributed by atoms with van der Waals surface area (Å²) in [5.74, 6) is 0.824. The van der Waals surface area contributed by atoms with Crippen LogP contribution in [-0.4, -0.2) is 36.9 Å². The van der Waals surface area contributed by atoms with Crippen molar-refractivity contribution in [2.45, 2.75) is 39.5 Å². The maximum absolute atomic E-state index is 12.3. The van der Waals surface area contributed by atoms with Crippen LogP contribution >= 0.6 is 0 Å². The summed E-state index contributed by atoms with van der Waals surface area (Å²) in [6, 6.07) is 17.3. The number of hydrogen-bond acceptors (Lipinski definition) is 3. The summed E-state index contributed by atoms with van der Waals surface area (Å²) in [7, 11) is 0. The Balaban J connectivity index is 1.72. The van der Waals surface area contributed by atoms with Crippen LogP contribution in [0.5, 0.6) is 5.75 Å². The highest BCUT2D eigenvalue weighted by molar-refractivity contribution is 6.06. The van der Waals surface area contributed by atoms with Crippen LogP contribution in [0, 0.1) is 0 Å². The number of benzene rings is 2. The number of allylic oxidation sites excluding steroid dienone is 1. The second kappa shape index (κ2) is 12.9. The van der Waals surface area contributed by atoms with Gasteiger partial charge in [-0.1, -0.05) is 50.3 Å². The molecular weight excluding hydrogens is 346 g/mol. The number of nitrogens with zero attached hydrogens (tertiary/aromatic N) is 1. The summed E-state index contributed by atoms with van der Waals surface area (Å²) in [6.07, 6.45) is 8.08. The zero-order valence-corrected chi connectivity index (χ0v) is 17.3. The van der Waals surface area contributed by atoms with Crippen LogP contribution in [0.25, 0.3) is 6.08 Å². The summed E-state index contributed by atoms with van der Waals surface area (Å²) in [5.41, 5.74) is 1.70. The van der Waals surface area contributed by atoms with Gasteiger partial charge in [-0.05, 0) is 81.2 Å².